The van der Waals surface area contributed by atoms with Crippen LogP contribution >= 0.6 is 11.8 Å². The molecular weight excluding hydrogens is 164 g/mol. The molecular formula is C6H12N2O2S. The van der Waals surface area contributed by atoms with Crippen LogP contribution in [0.4, 0.5) is 0 Å². The second-order valence-electron chi connectivity index (χ2n) is 2.10. The highest BCUT2D eigenvalue weighted by Crippen LogP contribution is 2.07. The molecule has 0 heterocycles. The predicted molar refractivity (Wildman–Crippen MR) is 47.9 cm³/mol. The molecule has 0 aromatic heterocycles. The zero-order valence-corrected chi connectivity index (χ0v) is 7.34. The second kappa shape index (κ2) is 7.65. The smallest absolute Gasteiger partial charge is 0.101 e. The highest BCUT2D eigenvalue weighted by Gasteiger charge is 2.04. The van der Waals surface area contributed by atoms with Crippen LogP contribution in [0.5, 0.6) is 0 Å². The van der Waals surface area contributed by atoms with E-state index in [-0.39, 0.29) is 6.04 Å². The van der Waals surface area contributed by atoms with Gasteiger partial charge in [-0.3, -0.25) is 0 Å². The number of thioether (sulfide) groups is 1. The van der Waals surface area contributed by atoms with Gasteiger partial charge >= 0.3 is 0 Å². The molecule has 0 rings (SSSR count). The van der Waals surface area contributed by atoms with E-state index in [9.17, 15) is 9.81 Å². The molecule has 0 aliphatic heterocycles. The number of nitrogens with zero attached hydrogens (tertiary/aromatic N) is 2. The van der Waals surface area contributed by atoms with E-state index in [0.29, 0.717) is 18.1 Å². The molecule has 0 aromatic rings. The summed E-state index contributed by atoms with van der Waals surface area (Å²) in [4.78, 5) is 19.7. The first-order valence-corrected chi connectivity index (χ1v) is 4.70. The van der Waals surface area contributed by atoms with Gasteiger partial charge in [-0.1, -0.05) is 17.3 Å². The highest BCUT2D eigenvalue weighted by atomic mass is 32.2. The third-order valence-electron chi connectivity index (χ3n) is 1.26. The maximum atomic E-state index is 10.1. The van der Waals surface area contributed by atoms with Crippen molar-refractivity contribution in [2.75, 3.05) is 18.1 Å². The van der Waals surface area contributed by atoms with Gasteiger partial charge in [0.2, 0.25) is 0 Å². The summed E-state index contributed by atoms with van der Waals surface area (Å²) in [5, 5.41) is 5.63. The lowest BCUT2D eigenvalue weighted by Gasteiger charge is -2.02. The van der Waals surface area contributed by atoms with E-state index < -0.39 is 0 Å². The van der Waals surface area contributed by atoms with Crippen LogP contribution < -0.4 is 0 Å². The van der Waals surface area contributed by atoms with Gasteiger partial charge in [-0.15, -0.1) is 0 Å². The molecule has 0 N–H and O–H groups in total. The van der Waals surface area contributed by atoms with E-state index in [1.165, 1.54) is 0 Å². The maximum Gasteiger partial charge on any atom is 0.101 e. The topological polar surface area (TPSA) is 58.9 Å². The van der Waals surface area contributed by atoms with Gasteiger partial charge in [0.25, 0.3) is 0 Å². The molecule has 5 heteroatoms. The average Bonchev–Trinajstić information content (AvgIpc) is 2.05. The third kappa shape index (κ3) is 5.97. The summed E-state index contributed by atoms with van der Waals surface area (Å²) in [6.07, 6.45) is 0.769. The van der Waals surface area contributed by atoms with Crippen molar-refractivity contribution >= 4 is 11.8 Å². The van der Waals surface area contributed by atoms with Gasteiger partial charge in [-0.2, -0.15) is 21.6 Å². The molecule has 4 nitrogen and oxygen atoms in total. The number of nitroso groups, excluding NO2 is 2. The van der Waals surface area contributed by atoms with Gasteiger partial charge in [0, 0.05) is 11.5 Å². The Balaban J connectivity index is 3.20. The van der Waals surface area contributed by atoms with Gasteiger partial charge in [-0.05, 0) is 6.42 Å². The Kier molecular flexibility index (Phi) is 7.34. The van der Waals surface area contributed by atoms with Gasteiger partial charge in [0.05, 0.1) is 6.54 Å². The fourth-order valence-electron chi connectivity index (χ4n) is 0.544. The van der Waals surface area contributed by atoms with Crippen LogP contribution in [-0.4, -0.2) is 24.1 Å². The maximum absolute atomic E-state index is 10.1. The summed E-state index contributed by atoms with van der Waals surface area (Å²) < 4.78 is 0. The molecule has 0 aliphatic rings. The molecule has 0 aromatic carbocycles. The van der Waals surface area contributed by atoms with Crippen LogP contribution in [0, 0.1) is 9.81 Å². The normalized spacial score (nSPS) is 12.5. The summed E-state index contributed by atoms with van der Waals surface area (Å²) >= 11 is 1.55. The highest BCUT2D eigenvalue weighted by molar-refractivity contribution is 7.99. The van der Waals surface area contributed by atoms with E-state index >= 15 is 0 Å². The molecule has 0 fully saturated rings. The third-order valence-corrected chi connectivity index (χ3v) is 2.35. The first kappa shape index (κ1) is 10.6. The quantitative estimate of drug-likeness (QED) is 0.440. The van der Waals surface area contributed by atoms with Crippen LogP contribution in [-0.2, 0) is 0 Å². The lowest BCUT2D eigenvalue weighted by atomic mass is 10.3. The van der Waals surface area contributed by atoms with Crippen molar-refractivity contribution in [3.8, 4) is 0 Å². The zero-order chi connectivity index (χ0) is 8.53. The van der Waals surface area contributed by atoms with Gasteiger partial charge < -0.3 is 0 Å². The molecule has 0 saturated heterocycles. The fraction of sp³-hybridized carbons (Fsp3) is 1.00. The Morgan fingerprint density at radius 3 is 2.64 bits per heavy atom. The second-order valence-corrected chi connectivity index (χ2v) is 3.24. The monoisotopic (exact) mass is 176 g/mol. The fourth-order valence-corrected chi connectivity index (χ4v) is 1.48. The largest absolute Gasteiger partial charge is 0.158 e. The summed E-state index contributed by atoms with van der Waals surface area (Å²) in [7, 11) is 0. The Hall–Kier alpha value is -0.450. The van der Waals surface area contributed by atoms with Crippen molar-refractivity contribution < 1.29 is 0 Å². The minimum Gasteiger partial charge on any atom is -0.158 e. The van der Waals surface area contributed by atoms with E-state index in [0.717, 1.165) is 6.42 Å². The standard InChI is InChI=1S/C6H12N2O2S/c1-2-6(8-10)5-11-4-3-7-9/h6H,2-5H2,1H3. The van der Waals surface area contributed by atoms with E-state index in [1.807, 2.05) is 6.92 Å². The first-order chi connectivity index (χ1) is 5.35. The lowest BCUT2D eigenvalue weighted by Crippen LogP contribution is -2.05. The minimum absolute atomic E-state index is 0.105. The van der Waals surface area contributed by atoms with Crippen molar-refractivity contribution in [1.29, 1.82) is 0 Å². The Labute approximate surface area is 70.1 Å². The van der Waals surface area contributed by atoms with Gasteiger partial charge in [0.1, 0.15) is 6.04 Å². The number of hydrogen-bond acceptors (Lipinski definition) is 5. The lowest BCUT2D eigenvalue weighted by molar-refractivity contribution is 0.721. The molecule has 0 saturated carbocycles. The molecule has 0 aliphatic carbocycles. The van der Waals surface area contributed by atoms with Crippen molar-refractivity contribution in [1.82, 2.24) is 0 Å². The van der Waals surface area contributed by atoms with Crippen molar-refractivity contribution in [2.24, 2.45) is 10.4 Å². The summed E-state index contributed by atoms with van der Waals surface area (Å²) in [6.45, 7) is 2.24. The van der Waals surface area contributed by atoms with E-state index in [4.69, 9.17) is 0 Å². The van der Waals surface area contributed by atoms with Gasteiger partial charge in [-0.25, -0.2) is 0 Å². The molecule has 11 heavy (non-hydrogen) atoms. The first-order valence-electron chi connectivity index (χ1n) is 3.54. The summed E-state index contributed by atoms with van der Waals surface area (Å²) in [5.74, 6) is 1.39. The molecule has 0 bridgehead atoms. The predicted octanol–water partition coefficient (Wildman–Crippen LogP) is 2.03. The van der Waals surface area contributed by atoms with Crippen molar-refractivity contribution in [3.05, 3.63) is 9.81 Å². The molecule has 1 unspecified atom stereocenters. The van der Waals surface area contributed by atoms with Crippen LogP contribution in [0.2, 0.25) is 0 Å². The van der Waals surface area contributed by atoms with Crippen LogP contribution in [0.1, 0.15) is 13.3 Å². The van der Waals surface area contributed by atoms with Crippen molar-refractivity contribution in [3.63, 3.8) is 0 Å². The molecule has 0 spiro atoms. The SMILES string of the molecule is CCC(CSCCN=O)N=O. The number of hydrogen-bond donors (Lipinski definition) is 0. The van der Waals surface area contributed by atoms with Crippen LogP contribution in [0.3, 0.4) is 0 Å². The van der Waals surface area contributed by atoms with Gasteiger partial charge in [0.15, 0.2) is 0 Å². The molecule has 1 atom stereocenters. The Morgan fingerprint density at radius 2 is 2.18 bits per heavy atom. The zero-order valence-electron chi connectivity index (χ0n) is 6.52. The van der Waals surface area contributed by atoms with Crippen LogP contribution in [0.15, 0.2) is 10.4 Å². The number of rotatable bonds is 7. The average molecular weight is 176 g/mol. The summed E-state index contributed by atoms with van der Waals surface area (Å²) in [6, 6.07) is -0.105. The van der Waals surface area contributed by atoms with E-state index in [2.05, 4.69) is 10.4 Å². The Bertz CT molecular complexity index is 121. The molecule has 0 radical (unpaired) electrons. The minimum atomic E-state index is -0.105. The van der Waals surface area contributed by atoms with Crippen LogP contribution in [0.25, 0.3) is 0 Å². The molecule has 64 valence electrons. The van der Waals surface area contributed by atoms with Crippen molar-refractivity contribution in [2.45, 2.75) is 19.4 Å². The summed E-state index contributed by atoms with van der Waals surface area (Å²) in [5.41, 5.74) is 0. The molecule has 0 amide bonds. The van der Waals surface area contributed by atoms with E-state index in [1.54, 1.807) is 11.8 Å². The Morgan fingerprint density at radius 1 is 1.45 bits per heavy atom.